The molecule has 1 aromatic carbocycles. The second-order valence-corrected chi connectivity index (χ2v) is 11.9. The normalized spacial score (nSPS) is 17.5. The SMILES string of the molecule is CCCCCCCCCCCC[C@H]1CO[C@H](c2ccc(-c3ccc(CCCCCCCCC)cc3)nc2)OC1. The van der Waals surface area contributed by atoms with Crippen molar-refractivity contribution >= 4 is 0 Å². The summed E-state index contributed by atoms with van der Waals surface area (Å²) < 4.78 is 12.2. The Labute approximate surface area is 240 Å². The molecule has 0 aliphatic carbocycles. The summed E-state index contributed by atoms with van der Waals surface area (Å²) in [5, 5.41) is 0. The maximum atomic E-state index is 6.09. The van der Waals surface area contributed by atoms with Crippen molar-refractivity contribution in [3.05, 3.63) is 53.7 Å². The highest BCUT2D eigenvalue weighted by molar-refractivity contribution is 5.59. The Kier molecular flexibility index (Phi) is 16.5. The van der Waals surface area contributed by atoms with Gasteiger partial charge in [-0.1, -0.05) is 147 Å². The summed E-state index contributed by atoms with van der Waals surface area (Å²) in [5.74, 6) is 0.530. The van der Waals surface area contributed by atoms with Gasteiger partial charge in [0.1, 0.15) is 0 Å². The standard InChI is InChI=1S/C36H57NO2/c1-3-5-7-9-11-12-13-15-17-19-21-32-29-38-36(39-30-32)34-26-27-35(37-28-34)33-24-22-31(23-25-33)20-18-16-14-10-8-6-4-2/h22-28,32,36H,3-21,29-30H2,1-2H3/t32-,36-. The average molecular weight is 536 g/mol. The van der Waals surface area contributed by atoms with Crippen LogP contribution < -0.4 is 0 Å². The Bertz CT molecular complexity index is 839. The third-order valence-corrected chi connectivity index (χ3v) is 8.31. The van der Waals surface area contributed by atoms with Gasteiger partial charge in [0.05, 0.1) is 18.9 Å². The molecule has 1 saturated heterocycles. The quantitative estimate of drug-likeness (QED) is 0.149. The van der Waals surface area contributed by atoms with Crippen molar-refractivity contribution in [1.82, 2.24) is 4.98 Å². The van der Waals surface area contributed by atoms with Crippen LogP contribution in [0.2, 0.25) is 0 Å². The smallest absolute Gasteiger partial charge is 0.185 e. The molecule has 0 radical (unpaired) electrons. The Morgan fingerprint density at radius 1 is 0.615 bits per heavy atom. The summed E-state index contributed by atoms with van der Waals surface area (Å²) in [5.41, 5.74) is 4.63. The molecule has 1 aliphatic rings. The first kappa shape index (κ1) is 31.8. The van der Waals surface area contributed by atoms with Crippen LogP contribution in [0.3, 0.4) is 0 Å². The minimum Gasteiger partial charge on any atom is -0.348 e. The number of hydrogen-bond acceptors (Lipinski definition) is 3. The van der Waals surface area contributed by atoms with Crippen molar-refractivity contribution in [2.45, 2.75) is 142 Å². The van der Waals surface area contributed by atoms with Gasteiger partial charge in [-0.25, -0.2) is 0 Å². The third-order valence-electron chi connectivity index (χ3n) is 8.31. The van der Waals surface area contributed by atoms with E-state index in [-0.39, 0.29) is 6.29 Å². The average Bonchev–Trinajstić information content (AvgIpc) is 2.98. The van der Waals surface area contributed by atoms with Crippen molar-refractivity contribution < 1.29 is 9.47 Å². The van der Waals surface area contributed by atoms with E-state index in [0.717, 1.165) is 24.5 Å². The molecular weight excluding hydrogens is 478 g/mol. The van der Waals surface area contributed by atoms with Gasteiger partial charge in [0.15, 0.2) is 6.29 Å². The lowest BCUT2D eigenvalue weighted by Crippen LogP contribution is -2.27. The molecule has 0 atom stereocenters. The van der Waals surface area contributed by atoms with Gasteiger partial charge in [0.25, 0.3) is 0 Å². The minimum atomic E-state index is -0.278. The summed E-state index contributed by atoms with van der Waals surface area (Å²) in [7, 11) is 0. The van der Waals surface area contributed by atoms with E-state index >= 15 is 0 Å². The number of unbranched alkanes of at least 4 members (excludes halogenated alkanes) is 15. The first-order valence-electron chi connectivity index (χ1n) is 16.6. The molecule has 0 unspecified atom stereocenters. The zero-order chi connectivity index (χ0) is 27.4. The number of benzene rings is 1. The maximum absolute atomic E-state index is 6.09. The highest BCUT2D eigenvalue weighted by Crippen LogP contribution is 2.28. The van der Waals surface area contributed by atoms with E-state index in [9.17, 15) is 0 Å². The summed E-state index contributed by atoms with van der Waals surface area (Å²) in [4.78, 5) is 4.73. The van der Waals surface area contributed by atoms with Crippen LogP contribution in [0.25, 0.3) is 11.3 Å². The lowest BCUT2D eigenvalue weighted by atomic mass is 10.0. The molecule has 0 N–H and O–H groups in total. The Morgan fingerprint density at radius 2 is 1.15 bits per heavy atom. The lowest BCUT2D eigenvalue weighted by molar-refractivity contribution is -0.206. The van der Waals surface area contributed by atoms with E-state index in [1.54, 1.807) is 0 Å². The molecular formula is C36H57NO2. The fourth-order valence-corrected chi connectivity index (χ4v) is 5.67. The van der Waals surface area contributed by atoms with Crippen LogP contribution in [0.5, 0.6) is 0 Å². The van der Waals surface area contributed by atoms with Crippen molar-refractivity contribution in [2.75, 3.05) is 13.2 Å². The van der Waals surface area contributed by atoms with Gasteiger partial charge in [-0.05, 0) is 30.9 Å². The highest BCUT2D eigenvalue weighted by atomic mass is 16.7. The first-order valence-corrected chi connectivity index (χ1v) is 16.6. The molecule has 3 nitrogen and oxygen atoms in total. The minimum absolute atomic E-state index is 0.278. The predicted octanol–water partition coefficient (Wildman–Crippen LogP) is 11.0. The molecule has 3 rings (SSSR count). The predicted molar refractivity (Wildman–Crippen MR) is 166 cm³/mol. The van der Waals surface area contributed by atoms with Gasteiger partial charge in [-0.15, -0.1) is 0 Å². The molecule has 2 heterocycles. The van der Waals surface area contributed by atoms with Crippen LogP contribution >= 0.6 is 0 Å². The van der Waals surface area contributed by atoms with Gasteiger partial charge in [0.2, 0.25) is 0 Å². The Morgan fingerprint density at radius 3 is 1.69 bits per heavy atom. The zero-order valence-electron chi connectivity index (χ0n) is 25.3. The Balaban J connectivity index is 1.27. The molecule has 0 saturated carbocycles. The van der Waals surface area contributed by atoms with Crippen LogP contribution in [0.15, 0.2) is 42.6 Å². The highest BCUT2D eigenvalue weighted by Gasteiger charge is 2.23. The number of pyridine rings is 1. The lowest BCUT2D eigenvalue weighted by Gasteiger charge is -2.29. The summed E-state index contributed by atoms with van der Waals surface area (Å²) >= 11 is 0. The monoisotopic (exact) mass is 535 g/mol. The molecule has 218 valence electrons. The molecule has 1 aliphatic heterocycles. The molecule has 0 spiro atoms. The van der Waals surface area contributed by atoms with E-state index in [1.165, 1.54) is 133 Å². The van der Waals surface area contributed by atoms with Crippen molar-refractivity contribution in [3.63, 3.8) is 0 Å². The first-order chi connectivity index (χ1) is 19.3. The second kappa shape index (κ2) is 20.2. The number of nitrogens with zero attached hydrogens (tertiary/aromatic N) is 1. The van der Waals surface area contributed by atoms with Crippen molar-refractivity contribution in [1.29, 1.82) is 0 Å². The summed E-state index contributed by atoms with van der Waals surface area (Å²) in [6, 6.07) is 13.2. The number of aromatic nitrogens is 1. The third kappa shape index (κ3) is 13.0. The van der Waals surface area contributed by atoms with Crippen molar-refractivity contribution in [3.8, 4) is 11.3 Å². The zero-order valence-corrected chi connectivity index (χ0v) is 25.3. The topological polar surface area (TPSA) is 31.4 Å². The largest absolute Gasteiger partial charge is 0.348 e. The van der Waals surface area contributed by atoms with Crippen LogP contribution in [0.4, 0.5) is 0 Å². The fraction of sp³-hybridized carbons (Fsp3) is 0.694. The summed E-state index contributed by atoms with van der Waals surface area (Å²) in [6.45, 7) is 6.16. The van der Waals surface area contributed by atoms with E-state index in [4.69, 9.17) is 14.5 Å². The number of rotatable bonds is 21. The van der Waals surface area contributed by atoms with Crippen LogP contribution in [-0.2, 0) is 15.9 Å². The second-order valence-electron chi connectivity index (χ2n) is 11.9. The van der Waals surface area contributed by atoms with Gasteiger partial charge in [-0.2, -0.15) is 0 Å². The number of ether oxygens (including phenoxy) is 2. The molecule has 3 heteroatoms. The maximum Gasteiger partial charge on any atom is 0.185 e. The molecule has 0 amide bonds. The van der Waals surface area contributed by atoms with E-state index < -0.39 is 0 Å². The van der Waals surface area contributed by atoms with E-state index in [1.807, 2.05) is 6.20 Å². The van der Waals surface area contributed by atoms with Gasteiger partial charge in [-0.3, -0.25) is 4.98 Å². The van der Waals surface area contributed by atoms with Crippen molar-refractivity contribution in [2.24, 2.45) is 5.92 Å². The van der Waals surface area contributed by atoms with E-state index in [2.05, 4.69) is 50.2 Å². The van der Waals surface area contributed by atoms with Crippen LogP contribution in [0, 0.1) is 5.92 Å². The van der Waals surface area contributed by atoms with Gasteiger partial charge < -0.3 is 9.47 Å². The van der Waals surface area contributed by atoms with E-state index in [0.29, 0.717) is 5.92 Å². The molecule has 0 bridgehead atoms. The fourth-order valence-electron chi connectivity index (χ4n) is 5.67. The Hall–Kier alpha value is -1.71. The van der Waals surface area contributed by atoms with Crippen LogP contribution in [-0.4, -0.2) is 18.2 Å². The van der Waals surface area contributed by atoms with Gasteiger partial charge in [0, 0.05) is 23.2 Å². The number of hydrogen-bond donors (Lipinski definition) is 0. The molecule has 1 fully saturated rings. The van der Waals surface area contributed by atoms with Gasteiger partial charge >= 0.3 is 0 Å². The van der Waals surface area contributed by atoms with Crippen LogP contribution in [0.1, 0.15) is 147 Å². The molecule has 1 aromatic heterocycles. The molecule has 2 aromatic rings. The number of aryl methyl sites for hydroxylation is 1. The molecule has 39 heavy (non-hydrogen) atoms. The summed E-state index contributed by atoms with van der Waals surface area (Å²) in [6.07, 6.45) is 27.4.